The number of halogens is 1. The van der Waals surface area contributed by atoms with Crippen molar-refractivity contribution in [1.29, 1.82) is 0 Å². The van der Waals surface area contributed by atoms with Crippen LogP contribution in [0.1, 0.15) is 25.5 Å². The minimum Gasteiger partial charge on any atom is -0.395 e. The number of nitrogen functional groups attached to an aromatic ring is 1. The Kier molecular flexibility index (Phi) is 3.67. The second-order valence-corrected chi connectivity index (χ2v) is 6.27. The molecule has 0 radical (unpaired) electrons. The van der Waals surface area contributed by atoms with E-state index in [9.17, 15) is 12.8 Å². The van der Waals surface area contributed by atoms with Gasteiger partial charge < -0.3 is 5.73 Å². The molecule has 6 nitrogen and oxygen atoms in total. The number of nitrogens with one attached hydrogen (secondary N) is 2. The zero-order valence-corrected chi connectivity index (χ0v) is 11.8. The van der Waals surface area contributed by atoms with Crippen LogP contribution in [0.5, 0.6) is 0 Å². The van der Waals surface area contributed by atoms with E-state index in [1.807, 2.05) is 13.8 Å². The molecular weight excluding hydrogens is 283 g/mol. The van der Waals surface area contributed by atoms with Gasteiger partial charge in [-0.1, -0.05) is 19.9 Å². The molecule has 20 heavy (non-hydrogen) atoms. The fourth-order valence-corrected chi connectivity index (χ4v) is 2.76. The number of anilines is 2. The Morgan fingerprint density at radius 1 is 1.40 bits per heavy atom. The summed E-state index contributed by atoms with van der Waals surface area (Å²) in [6, 6.07) is 5.19. The van der Waals surface area contributed by atoms with E-state index in [0.29, 0.717) is 0 Å². The maximum Gasteiger partial charge on any atom is 0.265 e. The molecule has 8 heteroatoms. The fraction of sp³-hybridized carbons (Fsp3) is 0.250. The number of sulfonamides is 1. The van der Waals surface area contributed by atoms with Crippen LogP contribution in [0.3, 0.4) is 0 Å². The molecule has 0 atom stereocenters. The van der Waals surface area contributed by atoms with Gasteiger partial charge in [0.15, 0.2) is 5.82 Å². The number of rotatable bonds is 4. The van der Waals surface area contributed by atoms with Gasteiger partial charge in [0.05, 0.1) is 5.69 Å². The van der Waals surface area contributed by atoms with Gasteiger partial charge in [0.1, 0.15) is 10.7 Å². The first-order valence-electron chi connectivity index (χ1n) is 5.93. The van der Waals surface area contributed by atoms with E-state index >= 15 is 0 Å². The van der Waals surface area contributed by atoms with Crippen molar-refractivity contribution in [3.63, 3.8) is 0 Å². The summed E-state index contributed by atoms with van der Waals surface area (Å²) in [6.07, 6.45) is 0. The van der Waals surface area contributed by atoms with Crippen LogP contribution in [0, 0.1) is 5.82 Å². The van der Waals surface area contributed by atoms with Gasteiger partial charge in [-0.3, -0.25) is 9.82 Å². The fourth-order valence-electron chi connectivity index (χ4n) is 1.63. The summed E-state index contributed by atoms with van der Waals surface area (Å²) in [7, 11) is -3.98. The first kappa shape index (κ1) is 14.3. The molecule has 2 aromatic rings. The summed E-state index contributed by atoms with van der Waals surface area (Å²) in [5.74, 6) is -0.463. The number of hydrogen-bond acceptors (Lipinski definition) is 4. The topological polar surface area (TPSA) is 101 Å². The molecule has 0 saturated heterocycles. The van der Waals surface area contributed by atoms with Crippen LogP contribution in [-0.4, -0.2) is 18.6 Å². The van der Waals surface area contributed by atoms with E-state index in [1.54, 1.807) is 6.07 Å². The third kappa shape index (κ3) is 2.74. The van der Waals surface area contributed by atoms with Gasteiger partial charge >= 0.3 is 0 Å². The third-order valence-corrected chi connectivity index (χ3v) is 4.17. The van der Waals surface area contributed by atoms with Crippen molar-refractivity contribution in [2.24, 2.45) is 0 Å². The van der Waals surface area contributed by atoms with Crippen molar-refractivity contribution in [3.8, 4) is 0 Å². The van der Waals surface area contributed by atoms with Crippen LogP contribution in [0.15, 0.2) is 29.2 Å². The molecule has 1 aromatic carbocycles. The minimum atomic E-state index is -3.98. The van der Waals surface area contributed by atoms with Crippen molar-refractivity contribution < 1.29 is 12.8 Å². The number of benzene rings is 1. The Morgan fingerprint density at radius 2 is 2.10 bits per heavy atom. The van der Waals surface area contributed by atoms with Crippen LogP contribution in [0.2, 0.25) is 0 Å². The first-order chi connectivity index (χ1) is 9.31. The van der Waals surface area contributed by atoms with Gasteiger partial charge in [0.2, 0.25) is 0 Å². The van der Waals surface area contributed by atoms with Gasteiger partial charge in [-0.15, -0.1) is 0 Å². The third-order valence-electron chi connectivity index (χ3n) is 2.76. The molecule has 0 aliphatic rings. The van der Waals surface area contributed by atoms with Crippen molar-refractivity contribution in [3.05, 3.63) is 35.8 Å². The summed E-state index contributed by atoms with van der Waals surface area (Å²) in [5.41, 5.74) is 5.82. The lowest BCUT2D eigenvalue weighted by Crippen LogP contribution is -2.15. The molecular formula is C12H15FN4O2S. The van der Waals surface area contributed by atoms with Crippen LogP contribution >= 0.6 is 0 Å². The zero-order chi connectivity index (χ0) is 14.9. The Bertz CT molecular complexity index is 725. The second-order valence-electron chi connectivity index (χ2n) is 4.62. The molecule has 0 amide bonds. The monoisotopic (exact) mass is 298 g/mol. The molecule has 0 spiro atoms. The van der Waals surface area contributed by atoms with Crippen molar-refractivity contribution in [2.45, 2.75) is 24.7 Å². The molecule has 108 valence electrons. The second kappa shape index (κ2) is 5.12. The maximum atomic E-state index is 13.3. The molecule has 1 heterocycles. The first-order valence-corrected chi connectivity index (χ1v) is 7.41. The Labute approximate surface area is 116 Å². The van der Waals surface area contributed by atoms with Gasteiger partial charge in [0.25, 0.3) is 10.0 Å². The van der Waals surface area contributed by atoms with Crippen LogP contribution < -0.4 is 10.5 Å². The standard InChI is InChI=1S/C12H15FN4O2S/c1-7(2)9-6-11(16-15-9)17-20(18,19)10-5-3-4-8(13)12(10)14/h3-7H,14H2,1-2H3,(H2,15,16,17). The highest BCUT2D eigenvalue weighted by atomic mass is 32.2. The average Bonchev–Trinajstić information content (AvgIpc) is 2.80. The largest absolute Gasteiger partial charge is 0.395 e. The highest BCUT2D eigenvalue weighted by molar-refractivity contribution is 7.92. The molecule has 2 rings (SSSR count). The predicted molar refractivity (Wildman–Crippen MR) is 74.3 cm³/mol. The van der Waals surface area contributed by atoms with E-state index in [4.69, 9.17) is 5.73 Å². The molecule has 0 saturated carbocycles. The molecule has 0 unspecified atom stereocenters. The smallest absolute Gasteiger partial charge is 0.265 e. The lowest BCUT2D eigenvalue weighted by atomic mass is 10.1. The number of H-pyrrole nitrogens is 1. The highest BCUT2D eigenvalue weighted by Gasteiger charge is 2.20. The minimum absolute atomic E-state index is 0.136. The molecule has 1 aromatic heterocycles. The van der Waals surface area contributed by atoms with Crippen molar-refractivity contribution >= 4 is 21.5 Å². The molecule has 0 aliphatic carbocycles. The molecule has 0 bridgehead atoms. The summed E-state index contributed by atoms with van der Waals surface area (Å²) < 4.78 is 39.9. The number of aromatic nitrogens is 2. The number of nitrogens with two attached hydrogens (primary N) is 1. The summed E-state index contributed by atoms with van der Waals surface area (Å²) in [6.45, 7) is 3.88. The van der Waals surface area contributed by atoms with Crippen molar-refractivity contribution in [2.75, 3.05) is 10.5 Å². The normalized spacial score (nSPS) is 11.8. The molecule has 0 aliphatic heterocycles. The number of hydrogen-bond donors (Lipinski definition) is 3. The zero-order valence-electron chi connectivity index (χ0n) is 11.0. The predicted octanol–water partition coefficient (Wildman–Crippen LogP) is 2.06. The van der Waals surface area contributed by atoms with Gasteiger partial charge in [0, 0.05) is 11.8 Å². The number of aromatic amines is 1. The Hall–Kier alpha value is -2.09. The van der Waals surface area contributed by atoms with Crippen molar-refractivity contribution in [1.82, 2.24) is 10.2 Å². The molecule has 4 N–H and O–H groups in total. The summed E-state index contributed by atoms with van der Waals surface area (Å²) >= 11 is 0. The van der Waals surface area contributed by atoms with E-state index in [2.05, 4.69) is 14.9 Å². The van der Waals surface area contributed by atoms with E-state index in [0.717, 1.165) is 11.8 Å². The SMILES string of the molecule is CC(C)c1cc(NS(=O)(=O)c2cccc(F)c2N)n[nH]1. The maximum absolute atomic E-state index is 13.3. The van der Waals surface area contributed by atoms with Crippen LogP contribution in [-0.2, 0) is 10.0 Å². The number of para-hydroxylation sites is 1. The van der Waals surface area contributed by atoms with E-state index in [1.165, 1.54) is 12.1 Å². The van der Waals surface area contributed by atoms with E-state index in [-0.39, 0.29) is 16.6 Å². The van der Waals surface area contributed by atoms with Crippen LogP contribution in [0.4, 0.5) is 15.9 Å². The average molecular weight is 298 g/mol. The Morgan fingerprint density at radius 3 is 2.70 bits per heavy atom. The lowest BCUT2D eigenvalue weighted by molar-refractivity contribution is 0.597. The lowest BCUT2D eigenvalue weighted by Gasteiger charge is -2.08. The van der Waals surface area contributed by atoms with Gasteiger partial charge in [-0.2, -0.15) is 5.10 Å². The summed E-state index contributed by atoms with van der Waals surface area (Å²) in [5, 5.41) is 6.57. The molecule has 0 fully saturated rings. The van der Waals surface area contributed by atoms with Gasteiger partial charge in [-0.25, -0.2) is 12.8 Å². The highest BCUT2D eigenvalue weighted by Crippen LogP contribution is 2.24. The summed E-state index contributed by atoms with van der Waals surface area (Å²) in [4.78, 5) is -0.313. The van der Waals surface area contributed by atoms with Crippen LogP contribution in [0.25, 0.3) is 0 Å². The Balaban J connectivity index is 2.33. The number of nitrogens with zero attached hydrogens (tertiary/aromatic N) is 1. The van der Waals surface area contributed by atoms with E-state index < -0.39 is 21.5 Å². The van der Waals surface area contributed by atoms with Gasteiger partial charge in [-0.05, 0) is 18.1 Å². The quantitative estimate of drug-likeness (QED) is 0.752.